The van der Waals surface area contributed by atoms with Crippen molar-refractivity contribution in [1.82, 2.24) is 4.57 Å². The first kappa shape index (κ1) is 29.0. The highest BCUT2D eigenvalue weighted by atomic mass is 32.1. The van der Waals surface area contributed by atoms with Crippen LogP contribution in [0.3, 0.4) is 0 Å². The number of nitrogens with zero attached hydrogens (tertiary/aromatic N) is 1. The van der Waals surface area contributed by atoms with Gasteiger partial charge < -0.3 is 10.1 Å². The van der Waals surface area contributed by atoms with Crippen molar-refractivity contribution in [3.63, 3.8) is 0 Å². The first-order chi connectivity index (χ1) is 20.2. The van der Waals surface area contributed by atoms with Crippen molar-refractivity contribution >= 4 is 62.4 Å². The van der Waals surface area contributed by atoms with Crippen LogP contribution in [-0.4, -0.2) is 22.9 Å². The number of rotatable bonds is 8. The molecule has 1 amide bonds. The second-order valence-electron chi connectivity index (χ2n) is 11.2. The molecule has 5 rings (SSSR count). The lowest BCUT2D eigenvalue weighted by atomic mass is 9.91. The molecule has 1 N–H and O–H groups in total. The Balaban J connectivity index is 1.63. The van der Waals surface area contributed by atoms with Crippen LogP contribution < -0.4 is 24.8 Å². The van der Waals surface area contributed by atoms with Crippen LogP contribution in [0.1, 0.15) is 39.7 Å². The number of nitrogens with one attached hydrogen (secondary N) is 1. The molecular formula is C35H34N2O4S. The molecule has 0 saturated heterocycles. The molecule has 0 fully saturated rings. The zero-order valence-electron chi connectivity index (χ0n) is 24.3. The number of aromatic nitrogens is 1. The number of ketones is 1. The van der Waals surface area contributed by atoms with E-state index in [1.165, 1.54) is 22.0 Å². The summed E-state index contributed by atoms with van der Waals surface area (Å²) in [5.74, 6) is 0.198. The van der Waals surface area contributed by atoms with E-state index < -0.39 is 5.41 Å². The number of ether oxygens (including phenoxy) is 1. The Morgan fingerprint density at radius 3 is 2.29 bits per heavy atom. The molecule has 0 aliphatic heterocycles. The van der Waals surface area contributed by atoms with Gasteiger partial charge in [0, 0.05) is 28.1 Å². The van der Waals surface area contributed by atoms with E-state index in [9.17, 15) is 14.4 Å². The number of thiazole rings is 1. The van der Waals surface area contributed by atoms with Gasteiger partial charge in [0.2, 0.25) is 5.91 Å². The number of Topliss-reactive ketones (excluding diaryl/α,β-unsaturated/α-hetero) is 1. The van der Waals surface area contributed by atoms with Crippen LogP contribution in [0, 0.1) is 5.41 Å². The maximum Gasteiger partial charge on any atom is 0.269 e. The molecule has 0 saturated carbocycles. The molecule has 0 bridgehead atoms. The Morgan fingerprint density at radius 2 is 1.57 bits per heavy atom. The van der Waals surface area contributed by atoms with E-state index in [-0.39, 0.29) is 23.8 Å². The number of carbonyl (C=O) groups excluding carboxylic acids is 2. The van der Waals surface area contributed by atoms with Crippen molar-refractivity contribution < 1.29 is 14.3 Å². The lowest BCUT2D eigenvalue weighted by molar-refractivity contribution is -0.120. The monoisotopic (exact) mass is 578 g/mol. The van der Waals surface area contributed by atoms with Gasteiger partial charge in [-0.2, -0.15) is 0 Å². The predicted octanol–water partition coefficient (Wildman–Crippen LogP) is 5.87. The standard InChI is InChI=1S/C35H34N2O4S/c1-5-19-41-29-18-17-24-12-6-8-14-25(24)27(29)20-30-34(40)37(33(42-30)21-31(38)35(2,3)4)22-32(39)36-28-16-10-13-23-11-7-9-15-26(23)28/h6-18,20-21H,5,19,22H2,1-4H3,(H,36,39). The number of fused-ring (bicyclic) bond motifs is 2. The van der Waals surface area contributed by atoms with Crippen molar-refractivity contribution in [2.75, 3.05) is 11.9 Å². The highest BCUT2D eigenvalue weighted by molar-refractivity contribution is 7.07. The molecule has 0 spiro atoms. The highest BCUT2D eigenvalue weighted by Gasteiger charge is 2.20. The van der Waals surface area contributed by atoms with Crippen LogP contribution in [0.4, 0.5) is 5.69 Å². The normalized spacial score (nSPS) is 12.7. The van der Waals surface area contributed by atoms with Gasteiger partial charge in [0.05, 0.1) is 11.1 Å². The highest BCUT2D eigenvalue weighted by Crippen LogP contribution is 2.29. The fourth-order valence-electron chi connectivity index (χ4n) is 4.68. The molecule has 0 radical (unpaired) electrons. The average molecular weight is 579 g/mol. The largest absolute Gasteiger partial charge is 0.493 e. The van der Waals surface area contributed by atoms with Crippen molar-refractivity contribution in [3.8, 4) is 5.75 Å². The maximum atomic E-state index is 13.9. The Bertz CT molecular complexity index is 1970. The van der Waals surface area contributed by atoms with Gasteiger partial charge in [0.25, 0.3) is 5.56 Å². The molecule has 5 aromatic rings. The molecule has 7 heteroatoms. The van der Waals surface area contributed by atoms with Gasteiger partial charge in [-0.25, -0.2) is 0 Å². The Kier molecular flexibility index (Phi) is 8.41. The minimum absolute atomic E-state index is 0.129. The van der Waals surface area contributed by atoms with Crippen LogP contribution in [-0.2, 0) is 16.1 Å². The molecule has 214 valence electrons. The van der Waals surface area contributed by atoms with Gasteiger partial charge in [-0.15, -0.1) is 11.3 Å². The minimum Gasteiger partial charge on any atom is -0.493 e. The van der Waals surface area contributed by atoms with Crippen LogP contribution >= 0.6 is 11.3 Å². The zero-order chi connectivity index (χ0) is 29.9. The first-order valence-corrected chi connectivity index (χ1v) is 14.9. The number of hydrogen-bond acceptors (Lipinski definition) is 5. The SMILES string of the molecule is CCCOc1ccc2ccccc2c1C=c1sc(=CC(=O)C(C)(C)C)n(CC(=O)Nc2cccc3ccccc23)c1=O. The molecule has 0 aliphatic carbocycles. The van der Waals surface area contributed by atoms with E-state index in [1.807, 2.05) is 113 Å². The third-order valence-electron chi connectivity index (χ3n) is 6.96. The molecule has 0 unspecified atom stereocenters. The number of anilines is 1. The number of hydrogen-bond donors (Lipinski definition) is 1. The minimum atomic E-state index is -0.642. The smallest absolute Gasteiger partial charge is 0.269 e. The van der Waals surface area contributed by atoms with E-state index >= 15 is 0 Å². The number of amides is 1. The van der Waals surface area contributed by atoms with Crippen LogP contribution in [0.5, 0.6) is 5.75 Å². The fourth-order valence-corrected chi connectivity index (χ4v) is 5.71. The number of benzene rings is 4. The van der Waals surface area contributed by atoms with Crippen LogP contribution in [0.2, 0.25) is 0 Å². The lowest BCUT2D eigenvalue weighted by Gasteiger charge is -2.13. The Labute approximate surface area is 248 Å². The molecule has 6 nitrogen and oxygen atoms in total. The van der Waals surface area contributed by atoms with Gasteiger partial charge >= 0.3 is 0 Å². The van der Waals surface area contributed by atoms with E-state index in [0.717, 1.165) is 33.5 Å². The summed E-state index contributed by atoms with van der Waals surface area (Å²) in [6.07, 6.45) is 4.14. The molecule has 1 heterocycles. The van der Waals surface area contributed by atoms with Crippen molar-refractivity contribution in [2.24, 2.45) is 5.41 Å². The summed E-state index contributed by atoms with van der Waals surface area (Å²) in [6, 6.07) is 25.3. The van der Waals surface area contributed by atoms with E-state index in [1.54, 1.807) is 0 Å². The molecule has 1 aromatic heterocycles. The summed E-state index contributed by atoms with van der Waals surface area (Å²) in [4.78, 5) is 40.2. The van der Waals surface area contributed by atoms with Crippen molar-refractivity contribution in [1.29, 1.82) is 0 Å². The van der Waals surface area contributed by atoms with E-state index in [2.05, 4.69) is 5.32 Å². The third kappa shape index (κ3) is 6.21. The Morgan fingerprint density at radius 1 is 0.905 bits per heavy atom. The third-order valence-corrected chi connectivity index (χ3v) is 8.02. The summed E-state index contributed by atoms with van der Waals surface area (Å²) in [6.45, 7) is 7.84. The molecule has 0 atom stereocenters. The number of carbonyl (C=O) groups is 2. The van der Waals surface area contributed by atoms with Gasteiger partial charge in [0.1, 0.15) is 17.0 Å². The first-order valence-electron chi connectivity index (χ1n) is 14.1. The average Bonchev–Trinajstić information content (AvgIpc) is 3.25. The molecular weight excluding hydrogens is 544 g/mol. The summed E-state index contributed by atoms with van der Waals surface area (Å²) in [5.41, 5.74) is 0.478. The zero-order valence-corrected chi connectivity index (χ0v) is 25.1. The van der Waals surface area contributed by atoms with Gasteiger partial charge in [-0.1, -0.05) is 94.4 Å². The van der Waals surface area contributed by atoms with Gasteiger partial charge in [-0.3, -0.25) is 19.0 Å². The second-order valence-corrected chi connectivity index (χ2v) is 12.3. The Hall–Kier alpha value is -4.49. The summed E-state index contributed by atoms with van der Waals surface area (Å²) in [5, 5.41) is 6.85. The van der Waals surface area contributed by atoms with Crippen LogP contribution in [0.15, 0.2) is 83.7 Å². The van der Waals surface area contributed by atoms with E-state index in [0.29, 0.717) is 27.2 Å². The lowest BCUT2D eigenvalue weighted by Crippen LogP contribution is -2.36. The molecule has 0 aliphatic rings. The molecule has 42 heavy (non-hydrogen) atoms. The summed E-state index contributed by atoms with van der Waals surface area (Å²) in [7, 11) is 0. The quantitative estimate of drug-likeness (QED) is 0.250. The topological polar surface area (TPSA) is 77.4 Å². The predicted molar refractivity (Wildman–Crippen MR) is 173 cm³/mol. The van der Waals surface area contributed by atoms with E-state index in [4.69, 9.17) is 4.74 Å². The maximum absolute atomic E-state index is 13.9. The summed E-state index contributed by atoms with van der Waals surface area (Å²) < 4.78 is 8.29. The van der Waals surface area contributed by atoms with Crippen LogP contribution in [0.25, 0.3) is 33.7 Å². The second kappa shape index (κ2) is 12.2. The molecule has 4 aromatic carbocycles. The summed E-state index contributed by atoms with van der Waals surface area (Å²) >= 11 is 1.20. The van der Waals surface area contributed by atoms with Crippen molar-refractivity contribution in [2.45, 2.75) is 40.7 Å². The van der Waals surface area contributed by atoms with Gasteiger partial charge in [0.15, 0.2) is 5.78 Å². The van der Waals surface area contributed by atoms with Gasteiger partial charge in [-0.05, 0) is 40.8 Å². The fraction of sp³-hybridized carbons (Fsp3) is 0.229. The van der Waals surface area contributed by atoms with Crippen molar-refractivity contribution in [3.05, 3.63) is 104 Å².